The van der Waals surface area contributed by atoms with Crippen molar-refractivity contribution in [3.63, 3.8) is 0 Å². The molecule has 3 aromatic carbocycles. The third kappa shape index (κ3) is 6.19. The maximum atomic E-state index is 13.0. The normalized spacial score (nSPS) is 11.2. The SMILES string of the molecule is CN(C)c1cccc(Oc2nnc(S(=O)(=O)Cc3ccc(C(=O)Nc4ccc(F)cc4)cc3)s2)c1. The first-order valence-corrected chi connectivity index (χ1v) is 12.8. The zero-order valence-corrected chi connectivity index (χ0v) is 20.4. The maximum Gasteiger partial charge on any atom is 0.300 e. The number of benzene rings is 3. The van der Waals surface area contributed by atoms with Crippen LogP contribution < -0.4 is 15.0 Å². The minimum atomic E-state index is -3.77. The van der Waals surface area contributed by atoms with Crippen LogP contribution in [0.3, 0.4) is 0 Å². The summed E-state index contributed by atoms with van der Waals surface area (Å²) in [6, 6.07) is 18.9. The first-order valence-electron chi connectivity index (χ1n) is 10.4. The Kier molecular flexibility index (Phi) is 7.08. The number of carbonyl (C=O) groups is 1. The van der Waals surface area contributed by atoms with Gasteiger partial charge in [-0.2, -0.15) is 0 Å². The van der Waals surface area contributed by atoms with Gasteiger partial charge < -0.3 is 15.0 Å². The Hall–Kier alpha value is -3.83. The van der Waals surface area contributed by atoms with Crippen molar-refractivity contribution in [2.75, 3.05) is 24.3 Å². The van der Waals surface area contributed by atoms with Crippen molar-refractivity contribution in [3.8, 4) is 10.9 Å². The molecule has 0 bridgehead atoms. The molecule has 0 atom stereocenters. The Labute approximate surface area is 205 Å². The zero-order valence-electron chi connectivity index (χ0n) is 18.8. The summed E-state index contributed by atoms with van der Waals surface area (Å²) in [5.41, 5.74) is 2.20. The molecule has 4 aromatic rings. The number of hydrogen-bond donors (Lipinski definition) is 1. The Balaban J connectivity index is 1.41. The minimum Gasteiger partial charge on any atom is -0.430 e. The first kappa shape index (κ1) is 24.3. The number of nitrogens with one attached hydrogen (secondary N) is 1. The van der Waals surface area contributed by atoms with E-state index in [0.29, 0.717) is 22.6 Å². The Morgan fingerprint density at radius 2 is 1.74 bits per heavy atom. The van der Waals surface area contributed by atoms with Crippen LogP contribution in [0.4, 0.5) is 15.8 Å². The molecule has 0 radical (unpaired) electrons. The fourth-order valence-corrected chi connectivity index (χ4v) is 5.33. The van der Waals surface area contributed by atoms with E-state index in [1.807, 2.05) is 37.2 Å². The summed E-state index contributed by atoms with van der Waals surface area (Å²) in [4.78, 5) is 14.3. The van der Waals surface area contributed by atoms with Gasteiger partial charge >= 0.3 is 5.19 Å². The van der Waals surface area contributed by atoms with E-state index in [2.05, 4.69) is 15.5 Å². The second kappa shape index (κ2) is 10.2. The summed E-state index contributed by atoms with van der Waals surface area (Å²) in [7, 11) is 0.0326. The molecule has 0 aliphatic carbocycles. The molecule has 1 N–H and O–H groups in total. The van der Waals surface area contributed by atoms with Crippen LogP contribution in [-0.2, 0) is 15.6 Å². The lowest BCUT2D eigenvalue weighted by Gasteiger charge is -2.12. The molecule has 0 aliphatic rings. The molecule has 11 heteroatoms. The largest absolute Gasteiger partial charge is 0.430 e. The van der Waals surface area contributed by atoms with Gasteiger partial charge in [0, 0.05) is 37.1 Å². The van der Waals surface area contributed by atoms with Crippen LogP contribution in [0.25, 0.3) is 0 Å². The zero-order chi connectivity index (χ0) is 25.0. The summed E-state index contributed by atoms with van der Waals surface area (Å²) < 4.78 is 44.2. The Morgan fingerprint density at radius 1 is 1.03 bits per heavy atom. The van der Waals surface area contributed by atoms with E-state index >= 15 is 0 Å². The topological polar surface area (TPSA) is 101 Å². The highest BCUT2D eigenvalue weighted by Crippen LogP contribution is 2.30. The number of sulfone groups is 1. The second-order valence-electron chi connectivity index (χ2n) is 7.74. The maximum absolute atomic E-state index is 13.0. The minimum absolute atomic E-state index is 0.118. The number of halogens is 1. The van der Waals surface area contributed by atoms with Gasteiger partial charge in [0.15, 0.2) is 0 Å². The van der Waals surface area contributed by atoms with E-state index in [1.165, 1.54) is 36.4 Å². The fourth-order valence-electron chi connectivity index (χ4n) is 3.06. The predicted octanol–water partition coefficient (Wildman–Crippen LogP) is 4.76. The van der Waals surface area contributed by atoms with E-state index < -0.39 is 21.6 Å². The summed E-state index contributed by atoms with van der Waals surface area (Å²) >= 11 is 0.842. The molecule has 0 saturated heterocycles. The summed E-state index contributed by atoms with van der Waals surface area (Å²) in [6.45, 7) is 0. The van der Waals surface area contributed by atoms with Gasteiger partial charge in [0.1, 0.15) is 11.6 Å². The van der Waals surface area contributed by atoms with Gasteiger partial charge in [-0.15, -0.1) is 5.10 Å². The summed E-state index contributed by atoms with van der Waals surface area (Å²) in [6.07, 6.45) is 0. The lowest BCUT2D eigenvalue weighted by atomic mass is 10.1. The standard InChI is InChI=1S/C24H21FN4O4S2/c1-29(2)20-4-3-5-21(14-20)33-23-27-28-24(34-23)35(31,32)15-16-6-8-17(9-7-16)22(30)26-19-12-10-18(25)11-13-19/h3-14H,15H2,1-2H3,(H,26,30). The van der Waals surface area contributed by atoms with Gasteiger partial charge in [0.2, 0.25) is 14.2 Å². The second-order valence-corrected chi connectivity index (χ2v) is 10.8. The Morgan fingerprint density at radius 3 is 2.43 bits per heavy atom. The molecular weight excluding hydrogens is 491 g/mol. The van der Waals surface area contributed by atoms with Crippen LogP contribution in [0.1, 0.15) is 15.9 Å². The third-order valence-corrected chi connectivity index (χ3v) is 7.80. The number of ether oxygens (including phenoxy) is 1. The molecule has 1 heterocycles. The summed E-state index contributed by atoms with van der Waals surface area (Å²) in [5.74, 6) is -0.584. The van der Waals surface area contributed by atoms with Gasteiger partial charge in [0.05, 0.1) is 5.75 Å². The number of hydrogen-bond acceptors (Lipinski definition) is 8. The van der Waals surface area contributed by atoms with Crippen LogP contribution in [-0.4, -0.2) is 38.6 Å². The molecule has 0 aliphatic heterocycles. The lowest BCUT2D eigenvalue weighted by molar-refractivity contribution is 0.102. The number of anilines is 2. The molecule has 4 rings (SSSR count). The molecule has 0 saturated carbocycles. The van der Waals surface area contributed by atoms with Gasteiger partial charge in [-0.3, -0.25) is 4.79 Å². The van der Waals surface area contributed by atoms with E-state index in [0.717, 1.165) is 17.0 Å². The van der Waals surface area contributed by atoms with Crippen LogP contribution in [0.15, 0.2) is 77.1 Å². The highest BCUT2D eigenvalue weighted by atomic mass is 32.2. The van der Waals surface area contributed by atoms with Gasteiger partial charge in [-0.1, -0.05) is 23.3 Å². The van der Waals surface area contributed by atoms with Crippen LogP contribution in [0.5, 0.6) is 10.9 Å². The van der Waals surface area contributed by atoms with E-state index in [9.17, 15) is 17.6 Å². The molecule has 1 aromatic heterocycles. The van der Waals surface area contributed by atoms with Crippen molar-refractivity contribution in [2.24, 2.45) is 0 Å². The lowest BCUT2D eigenvalue weighted by Crippen LogP contribution is -2.12. The van der Waals surface area contributed by atoms with E-state index in [-0.39, 0.29) is 15.3 Å². The van der Waals surface area contributed by atoms with E-state index in [1.54, 1.807) is 18.2 Å². The van der Waals surface area contributed by atoms with Crippen molar-refractivity contribution in [3.05, 3.63) is 89.7 Å². The third-order valence-electron chi connectivity index (χ3n) is 4.87. The van der Waals surface area contributed by atoms with Crippen LogP contribution in [0.2, 0.25) is 0 Å². The molecule has 8 nitrogen and oxygen atoms in total. The van der Waals surface area contributed by atoms with E-state index in [4.69, 9.17) is 4.74 Å². The predicted molar refractivity (Wildman–Crippen MR) is 132 cm³/mol. The number of nitrogens with zero attached hydrogens (tertiary/aromatic N) is 3. The number of rotatable bonds is 8. The average Bonchev–Trinajstić information content (AvgIpc) is 3.30. The number of carbonyl (C=O) groups excluding carboxylic acids is 1. The number of aromatic nitrogens is 2. The molecule has 0 spiro atoms. The van der Waals surface area contributed by atoms with Gasteiger partial charge in [-0.05, 0) is 65.4 Å². The highest BCUT2D eigenvalue weighted by Gasteiger charge is 2.22. The summed E-state index contributed by atoms with van der Waals surface area (Å²) in [5, 5.41) is 10.4. The van der Waals surface area contributed by atoms with Gasteiger partial charge in [-0.25, -0.2) is 12.8 Å². The van der Waals surface area contributed by atoms with Crippen LogP contribution in [0, 0.1) is 5.82 Å². The van der Waals surface area contributed by atoms with Crippen molar-refractivity contribution in [1.82, 2.24) is 10.2 Å². The molecular formula is C24H21FN4O4S2. The molecule has 0 unspecified atom stereocenters. The molecule has 0 fully saturated rings. The van der Waals surface area contributed by atoms with Crippen molar-refractivity contribution < 1.29 is 22.3 Å². The van der Waals surface area contributed by atoms with Crippen molar-refractivity contribution in [1.29, 1.82) is 0 Å². The molecule has 180 valence electrons. The first-order chi connectivity index (χ1) is 16.7. The van der Waals surface area contributed by atoms with Gasteiger partial charge in [0.25, 0.3) is 5.91 Å². The molecule has 1 amide bonds. The number of amides is 1. The van der Waals surface area contributed by atoms with Crippen molar-refractivity contribution in [2.45, 2.75) is 10.1 Å². The van der Waals surface area contributed by atoms with Crippen LogP contribution >= 0.6 is 11.3 Å². The average molecular weight is 513 g/mol. The van der Waals surface area contributed by atoms with Crippen molar-refractivity contribution >= 4 is 38.5 Å². The quantitative estimate of drug-likeness (QED) is 0.363. The molecule has 35 heavy (non-hydrogen) atoms. The monoisotopic (exact) mass is 512 g/mol. The highest BCUT2D eigenvalue weighted by molar-refractivity contribution is 7.92. The smallest absolute Gasteiger partial charge is 0.300 e. The Bertz CT molecular complexity index is 1440. The fraction of sp³-hybridized carbons (Fsp3) is 0.125.